The average molecular weight is 280 g/mol. The van der Waals surface area contributed by atoms with Crippen LogP contribution in [0.5, 0.6) is 0 Å². The summed E-state index contributed by atoms with van der Waals surface area (Å²) in [5.41, 5.74) is 0.0204. The molecule has 0 saturated heterocycles. The topological polar surface area (TPSA) is 42.0 Å². The molecule has 2 rings (SSSR count). The number of carbonyl (C=O) groups is 1. The Kier molecular flexibility index (Phi) is 4.61. The number of hydrogen-bond donors (Lipinski definition) is 1. The number of aromatic nitrogens is 1. The summed E-state index contributed by atoms with van der Waals surface area (Å²) in [4.78, 5) is 17.2. The minimum absolute atomic E-state index is 0.0204. The van der Waals surface area contributed by atoms with E-state index in [1.165, 1.54) is 43.4 Å². The van der Waals surface area contributed by atoms with Gasteiger partial charge < -0.3 is 5.32 Å². The van der Waals surface area contributed by atoms with Crippen LogP contribution in [0.3, 0.4) is 0 Å². The van der Waals surface area contributed by atoms with E-state index >= 15 is 0 Å². The second-order valence-corrected chi connectivity index (χ2v) is 7.52. The maximum atomic E-state index is 12.1. The van der Waals surface area contributed by atoms with Crippen molar-refractivity contribution in [2.75, 3.05) is 6.54 Å². The second-order valence-electron chi connectivity index (χ2n) is 6.49. The van der Waals surface area contributed by atoms with E-state index in [0.717, 1.165) is 16.4 Å². The van der Waals surface area contributed by atoms with Gasteiger partial charge in [0.1, 0.15) is 4.88 Å². The first kappa shape index (κ1) is 14.5. The van der Waals surface area contributed by atoms with Gasteiger partial charge in [-0.2, -0.15) is 0 Å². The van der Waals surface area contributed by atoms with Gasteiger partial charge in [0, 0.05) is 12.0 Å². The van der Waals surface area contributed by atoms with E-state index < -0.39 is 0 Å². The summed E-state index contributed by atoms with van der Waals surface area (Å²) in [5.74, 6) is 0.714. The van der Waals surface area contributed by atoms with E-state index in [-0.39, 0.29) is 11.3 Å². The van der Waals surface area contributed by atoms with Crippen molar-refractivity contribution in [3.05, 3.63) is 16.1 Å². The Labute approximate surface area is 119 Å². The van der Waals surface area contributed by atoms with Gasteiger partial charge in [-0.25, -0.2) is 4.98 Å². The minimum atomic E-state index is 0.0204. The summed E-state index contributed by atoms with van der Waals surface area (Å²) in [5, 5.41) is 4.09. The quantitative estimate of drug-likeness (QED) is 0.916. The highest BCUT2D eigenvalue weighted by Crippen LogP contribution is 2.27. The molecule has 1 N–H and O–H groups in total. The SMILES string of the molecule is CC(C)(C)c1ncc(C(=O)NCC2CCCCC2)s1. The van der Waals surface area contributed by atoms with Gasteiger partial charge in [-0.15, -0.1) is 11.3 Å². The Morgan fingerprint density at radius 3 is 2.63 bits per heavy atom. The molecule has 0 bridgehead atoms. The van der Waals surface area contributed by atoms with Crippen LogP contribution in [0, 0.1) is 5.92 Å². The molecule has 0 aromatic carbocycles. The molecule has 0 unspecified atom stereocenters. The van der Waals surface area contributed by atoms with Crippen LogP contribution in [0.25, 0.3) is 0 Å². The summed E-state index contributed by atoms with van der Waals surface area (Å²) in [6.07, 6.45) is 8.21. The third-order valence-electron chi connectivity index (χ3n) is 3.65. The number of nitrogens with zero attached hydrogens (tertiary/aromatic N) is 1. The van der Waals surface area contributed by atoms with Crippen molar-refractivity contribution < 1.29 is 4.79 Å². The molecule has 4 heteroatoms. The molecule has 106 valence electrons. The fourth-order valence-corrected chi connectivity index (χ4v) is 3.33. The maximum absolute atomic E-state index is 12.1. The van der Waals surface area contributed by atoms with Crippen LogP contribution >= 0.6 is 11.3 Å². The highest BCUT2D eigenvalue weighted by atomic mass is 32.1. The maximum Gasteiger partial charge on any atom is 0.263 e. The van der Waals surface area contributed by atoms with E-state index in [1.54, 1.807) is 6.20 Å². The third kappa shape index (κ3) is 4.03. The largest absolute Gasteiger partial charge is 0.351 e. The molecule has 1 heterocycles. The summed E-state index contributed by atoms with van der Waals surface area (Å²) >= 11 is 1.51. The smallest absolute Gasteiger partial charge is 0.263 e. The average Bonchev–Trinajstić information content (AvgIpc) is 2.87. The van der Waals surface area contributed by atoms with Crippen molar-refractivity contribution in [1.29, 1.82) is 0 Å². The standard InChI is InChI=1S/C15H24N2OS/c1-15(2,3)14-17-10-12(19-14)13(18)16-9-11-7-5-4-6-8-11/h10-11H,4-9H2,1-3H3,(H,16,18). The summed E-state index contributed by atoms with van der Waals surface area (Å²) in [6.45, 7) is 7.18. The number of rotatable bonds is 3. The van der Waals surface area contributed by atoms with E-state index in [1.807, 2.05) is 0 Å². The monoisotopic (exact) mass is 280 g/mol. The molecular weight excluding hydrogens is 256 g/mol. The molecular formula is C15H24N2OS. The van der Waals surface area contributed by atoms with Crippen molar-refractivity contribution in [2.45, 2.75) is 58.3 Å². The number of amides is 1. The number of hydrogen-bond acceptors (Lipinski definition) is 3. The normalized spacial score (nSPS) is 17.4. The Hall–Kier alpha value is -0.900. The zero-order chi connectivity index (χ0) is 13.9. The molecule has 1 saturated carbocycles. The lowest BCUT2D eigenvalue weighted by Gasteiger charge is -2.21. The summed E-state index contributed by atoms with van der Waals surface area (Å²) in [6, 6.07) is 0. The lowest BCUT2D eigenvalue weighted by Crippen LogP contribution is -2.29. The fraction of sp³-hybridized carbons (Fsp3) is 0.733. The van der Waals surface area contributed by atoms with Crippen molar-refractivity contribution in [2.24, 2.45) is 5.92 Å². The predicted octanol–water partition coefficient (Wildman–Crippen LogP) is 3.75. The Balaban J connectivity index is 1.87. The van der Waals surface area contributed by atoms with Gasteiger partial charge in [-0.3, -0.25) is 4.79 Å². The second kappa shape index (κ2) is 6.04. The highest BCUT2D eigenvalue weighted by Gasteiger charge is 2.21. The lowest BCUT2D eigenvalue weighted by atomic mass is 9.89. The first-order valence-electron chi connectivity index (χ1n) is 7.21. The molecule has 1 aromatic heterocycles. The minimum Gasteiger partial charge on any atom is -0.351 e. The molecule has 1 aliphatic carbocycles. The Morgan fingerprint density at radius 2 is 2.05 bits per heavy atom. The van der Waals surface area contributed by atoms with Crippen LogP contribution in [-0.4, -0.2) is 17.4 Å². The van der Waals surface area contributed by atoms with E-state index in [0.29, 0.717) is 5.92 Å². The van der Waals surface area contributed by atoms with Crippen molar-refractivity contribution in [3.63, 3.8) is 0 Å². The molecule has 0 spiro atoms. The third-order valence-corrected chi connectivity index (χ3v) is 5.07. The van der Waals surface area contributed by atoms with Crippen molar-refractivity contribution in [3.8, 4) is 0 Å². The lowest BCUT2D eigenvalue weighted by molar-refractivity contribution is 0.0947. The summed E-state index contributed by atoms with van der Waals surface area (Å²) in [7, 11) is 0. The van der Waals surface area contributed by atoms with Crippen LogP contribution in [0.15, 0.2) is 6.20 Å². The van der Waals surface area contributed by atoms with Crippen molar-refractivity contribution >= 4 is 17.2 Å². The van der Waals surface area contributed by atoms with Gasteiger partial charge in [0.15, 0.2) is 0 Å². The van der Waals surface area contributed by atoms with Crippen LogP contribution in [0.1, 0.15) is 67.6 Å². The van der Waals surface area contributed by atoms with Gasteiger partial charge in [0.2, 0.25) is 0 Å². The van der Waals surface area contributed by atoms with Crippen LogP contribution in [0.4, 0.5) is 0 Å². The first-order valence-corrected chi connectivity index (χ1v) is 8.03. The van der Waals surface area contributed by atoms with Gasteiger partial charge in [0.05, 0.1) is 11.2 Å². The fourth-order valence-electron chi connectivity index (χ4n) is 2.44. The number of carbonyl (C=O) groups excluding carboxylic acids is 1. The molecule has 1 aromatic rings. The number of thiazole rings is 1. The zero-order valence-electron chi connectivity index (χ0n) is 12.2. The molecule has 0 radical (unpaired) electrons. The van der Waals surface area contributed by atoms with Crippen LogP contribution in [-0.2, 0) is 5.41 Å². The summed E-state index contributed by atoms with van der Waals surface area (Å²) < 4.78 is 0. The van der Waals surface area contributed by atoms with E-state index in [9.17, 15) is 4.79 Å². The molecule has 0 aliphatic heterocycles. The predicted molar refractivity (Wildman–Crippen MR) is 79.7 cm³/mol. The van der Waals surface area contributed by atoms with Crippen LogP contribution < -0.4 is 5.32 Å². The van der Waals surface area contributed by atoms with Gasteiger partial charge >= 0.3 is 0 Å². The molecule has 19 heavy (non-hydrogen) atoms. The highest BCUT2D eigenvalue weighted by molar-refractivity contribution is 7.13. The van der Waals surface area contributed by atoms with Crippen molar-refractivity contribution in [1.82, 2.24) is 10.3 Å². The molecule has 3 nitrogen and oxygen atoms in total. The molecule has 1 amide bonds. The Morgan fingerprint density at radius 1 is 1.37 bits per heavy atom. The molecule has 1 fully saturated rings. The van der Waals surface area contributed by atoms with Gasteiger partial charge in [-0.05, 0) is 18.8 Å². The van der Waals surface area contributed by atoms with Gasteiger partial charge in [0.25, 0.3) is 5.91 Å². The van der Waals surface area contributed by atoms with E-state index in [4.69, 9.17) is 0 Å². The molecule has 1 aliphatic rings. The molecule has 0 atom stereocenters. The first-order chi connectivity index (χ1) is 8.97. The van der Waals surface area contributed by atoms with Gasteiger partial charge in [-0.1, -0.05) is 40.0 Å². The van der Waals surface area contributed by atoms with E-state index in [2.05, 4.69) is 31.1 Å². The number of nitrogens with one attached hydrogen (secondary N) is 1. The van der Waals surface area contributed by atoms with Crippen LogP contribution in [0.2, 0.25) is 0 Å². The Bertz CT molecular complexity index is 428. The zero-order valence-corrected chi connectivity index (χ0v) is 13.0.